The van der Waals surface area contributed by atoms with Gasteiger partial charge in [0.2, 0.25) is 0 Å². The van der Waals surface area contributed by atoms with Crippen molar-refractivity contribution in [3.63, 3.8) is 0 Å². The molecule has 0 spiro atoms. The Kier molecular flexibility index (Phi) is 5.33. The van der Waals surface area contributed by atoms with E-state index in [4.69, 9.17) is 5.73 Å². The molecule has 1 saturated carbocycles. The van der Waals surface area contributed by atoms with E-state index >= 15 is 0 Å². The Balaban J connectivity index is 0.000000774. The number of pyridine rings is 1. The van der Waals surface area contributed by atoms with Gasteiger partial charge in [-0.2, -0.15) is 5.10 Å². The minimum absolute atomic E-state index is 0.153. The zero-order valence-electron chi connectivity index (χ0n) is 12.7. The molecule has 2 heterocycles. The first-order chi connectivity index (χ1) is 10.2. The maximum Gasteiger partial charge on any atom is 0.134 e. The molecule has 114 valence electrons. The van der Waals surface area contributed by atoms with Crippen LogP contribution in [0.1, 0.15) is 45.6 Å². The lowest BCUT2D eigenvalue weighted by atomic mass is 9.93. The van der Waals surface area contributed by atoms with E-state index in [1.807, 2.05) is 42.9 Å². The molecule has 0 aromatic carbocycles. The Morgan fingerprint density at radius 3 is 2.52 bits per heavy atom. The van der Waals surface area contributed by atoms with Gasteiger partial charge in [0.05, 0.1) is 23.5 Å². The molecule has 0 unspecified atom stereocenters. The molecule has 5 heteroatoms. The molecular formula is C16H24N4O. The van der Waals surface area contributed by atoms with E-state index in [2.05, 4.69) is 10.1 Å². The highest BCUT2D eigenvalue weighted by Gasteiger charge is 2.22. The van der Waals surface area contributed by atoms with Crippen LogP contribution in [0.25, 0.3) is 11.4 Å². The molecular weight excluding hydrogens is 264 g/mol. The summed E-state index contributed by atoms with van der Waals surface area (Å²) in [6.07, 6.45) is 7.04. The molecule has 2 aromatic rings. The van der Waals surface area contributed by atoms with Crippen molar-refractivity contribution < 1.29 is 5.11 Å². The zero-order chi connectivity index (χ0) is 15.2. The summed E-state index contributed by atoms with van der Waals surface area (Å²) in [5.41, 5.74) is 8.23. The summed E-state index contributed by atoms with van der Waals surface area (Å²) in [6.45, 7) is 4.00. The minimum Gasteiger partial charge on any atom is -0.396 e. The van der Waals surface area contributed by atoms with Crippen LogP contribution in [0.2, 0.25) is 0 Å². The van der Waals surface area contributed by atoms with Crippen molar-refractivity contribution in [2.24, 2.45) is 0 Å². The van der Waals surface area contributed by atoms with Gasteiger partial charge >= 0.3 is 0 Å². The van der Waals surface area contributed by atoms with Crippen LogP contribution in [-0.2, 0) is 0 Å². The first-order valence-corrected chi connectivity index (χ1v) is 7.68. The van der Waals surface area contributed by atoms with E-state index in [-0.39, 0.29) is 6.10 Å². The lowest BCUT2D eigenvalue weighted by Crippen LogP contribution is -2.21. The normalized spacial score (nSPS) is 21.5. The van der Waals surface area contributed by atoms with Gasteiger partial charge in [-0.25, -0.2) is 0 Å². The van der Waals surface area contributed by atoms with Gasteiger partial charge in [-0.05, 0) is 37.8 Å². The van der Waals surface area contributed by atoms with Gasteiger partial charge in [0, 0.05) is 12.4 Å². The molecule has 1 aliphatic carbocycles. The lowest BCUT2D eigenvalue weighted by Gasteiger charge is -2.25. The monoisotopic (exact) mass is 288 g/mol. The predicted octanol–water partition coefficient (Wildman–Crippen LogP) is 3.03. The second-order valence-electron chi connectivity index (χ2n) is 5.09. The van der Waals surface area contributed by atoms with Crippen molar-refractivity contribution in [1.29, 1.82) is 0 Å². The van der Waals surface area contributed by atoms with E-state index in [0.29, 0.717) is 11.7 Å². The van der Waals surface area contributed by atoms with Crippen LogP contribution in [0.4, 0.5) is 5.69 Å². The second-order valence-corrected chi connectivity index (χ2v) is 5.09. The van der Waals surface area contributed by atoms with Crippen molar-refractivity contribution in [2.75, 3.05) is 5.73 Å². The van der Waals surface area contributed by atoms with Gasteiger partial charge in [-0.15, -0.1) is 0 Å². The Labute approximate surface area is 125 Å². The zero-order valence-corrected chi connectivity index (χ0v) is 12.7. The lowest BCUT2D eigenvalue weighted by molar-refractivity contribution is 0.108. The highest BCUT2D eigenvalue weighted by Crippen LogP contribution is 2.31. The molecule has 3 N–H and O–H groups in total. The standard InChI is InChI=1S/C14H18N4O.C2H6/c15-12-9-18(10-4-6-11(19)7-5-10)17-14(12)13-3-1-2-8-16-13;1-2/h1-3,8-11,19H,4-7,15H2;1-2H3. The molecule has 1 fully saturated rings. The fourth-order valence-electron chi connectivity index (χ4n) is 2.62. The highest BCUT2D eigenvalue weighted by molar-refractivity contribution is 5.68. The first-order valence-electron chi connectivity index (χ1n) is 7.68. The van der Waals surface area contributed by atoms with Crippen molar-refractivity contribution >= 4 is 5.69 Å². The quantitative estimate of drug-likeness (QED) is 0.890. The summed E-state index contributed by atoms with van der Waals surface area (Å²) in [7, 11) is 0. The number of aromatic nitrogens is 3. The van der Waals surface area contributed by atoms with Crippen LogP contribution >= 0.6 is 0 Å². The molecule has 3 rings (SSSR count). The molecule has 5 nitrogen and oxygen atoms in total. The Hall–Kier alpha value is -1.88. The third-order valence-corrected chi connectivity index (χ3v) is 3.71. The number of anilines is 1. The van der Waals surface area contributed by atoms with E-state index in [1.54, 1.807) is 6.20 Å². The minimum atomic E-state index is -0.153. The molecule has 0 aliphatic heterocycles. The van der Waals surface area contributed by atoms with Crippen molar-refractivity contribution in [2.45, 2.75) is 51.7 Å². The third kappa shape index (κ3) is 3.61. The topological polar surface area (TPSA) is 77.0 Å². The van der Waals surface area contributed by atoms with Gasteiger partial charge in [0.15, 0.2) is 0 Å². The summed E-state index contributed by atoms with van der Waals surface area (Å²) in [5, 5.41) is 14.1. The Morgan fingerprint density at radius 1 is 1.19 bits per heavy atom. The number of nitrogens with zero attached hydrogens (tertiary/aromatic N) is 3. The van der Waals surface area contributed by atoms with Gasteiger partial charge in [0.1, 0.15) is 5.69 Å². The van der Waals surface area contributed by atoms with E-state index in [0.717, 1.165) is 37.1 Å². The number of nitrogens with two attached hydrogens (primary N) is 1. The van der Waals surface area contributed by atoms with E-state index in [9.17, 15) is 5.11 Å². The molecule has 0 amide bonds. The number of aliphatic hydroxyl groups is 1. The predicted molar refractivity (Wildman–Crippen MR) is 84.7 cm³/mol. The van der Waals surface area contributed by atoms with Crippen molar-refractivity contribution in [3.05, 3.63) is 30.6 Å². The molecule has 1 aliphatic rings. The summed E-state index contributed by atoms with van der Waals surface area (Å²) < 4.78 is 1.94. The maximum atomic E-state index is 9.55. The fraction of sp³-hybridized carbons (Fsp3) is 0.500. The van der Waals surface area contributed by atoms with E-state index < -0.39 is 0 Å². The van der Waals surface area contributed by atoms with E-state index in [1.165, 1.54) is 0 Å². The second kappa shape index (κ2) is 7.22. The highest BCUT2D eigenvalue weighted by atomic mass is 16.3. The molecule has 21 heavy (non-hydrogen) atoms. The Bertz CT molecular complexity index is 545. The molecule has 0 bridgehead atoms. The van der Waals surface area contributed by atoms with Crippen LogP contribution in [0, 0.1) is 0 Å². The largest absolute Gasteiger partial charge is 0.396 e. The van der Waals surface area contributed by atoms with Crippen LogP contribution in [0.5, 0.6) is 0 Å². The van der Waals surface area contributed by atoms with Crippen LogP contribution in [0.15, 0.2) is 30.6 Å². The maximum absolute atomic E-state index is 9.55. The molecule has 0 atom stereocenters. The molecule has 2 aromatic heterocycles. The summed E-state index contributed by atoms with van der Waals surface area (Å²) in [5.74, 6) is 0. The van der Waals surface area contributed by atoms with Crippen LogP contribution in [-0.4, -0.2) is 26.0 Å². The third-order valence-electron chi connectivity index (χ3n) is 3.71. The fourth-order valence-corrected chi connectivity index (χ4v) is 2.62. The number of aliphatic hydroxyl groups excluding tert-OH is 1. The smallest absolute Gasteiger partial charge is 0.134 e. The summed E-state index contributed by atoms with van der Waals surface area (Å²) in [6, 6.07) is 6.05. The van der Waals surface area contributed by atoms with Crippen molar-refractivity contribution in [3.8, 4) is 11.4 Å². The number of hydrogen-bond donors (Lipinski definition) is 2. The van der Waals surface area contributed by atoms with Gasteiger partial charge in [-0.1, -0.05) is 19.9 Å². The number of hydrogen-bond acceptors (Lipinski definition) is 4. The number of rotatable bonds is 2. The summed E-state index contributed by atoms with van der Waals surface area (Å²) >= 11 is 0. The van der Waals surface area contributed by atoms with Crippen molar-refractivity contribution in [1.82, 2.24) is 14.8 Å². The average molecular weight is 288 g/mol. The van der Waals surface area contributed by atoms with Gasteiger partial charge in [0.25, 0.3) is 0 Å². The number of nitrogen functional groups attached to an aromatic ring is 1. The van der Waals surface area contributed by atoms with Gasteiger partial charge < -0.3 is 10.8 Å². The molecule has 0 radical (unpaired) electrons. The Morgan fingerprint density at radius 2 is 1.90 bits per heavy atom. The summed E-state index contributed by atoms with van der Waals surface area (Å²) in [4.78, 5) is 4.28. The van der Waals surface area contributed by atoms with Crippen LogP contribution in [0.3, 0.4) is 0 Å². The first kappa shape index (κ1) is 15.5. The molecule has 0 saturated heterocycles. The average Bonchev–Trinajstić information content (AvgIpc) is 2.93. The SMILES string of the molecule is CC.Nc1cn(C2CCC(O)CC2)nc1-c1ccccn1. The van der Waals surface area contributed by atoms with Crippen LogP contribution < -0.4 is 5.73 Å². The van der Waals surface area contributed by atoms with Gasteiger partial charge in [-0.3, -0.25) is 9.67 Å².